The van der Waals surface area contributed by atoms with E-state index in [1.807, 2.05) is 0 Å². The predicted octanol–water partition coefficient (Wildman–Crippen LogP) is 2.16. The predicted molar refractivity (Wildman–Crippen MR) is 84.4 cm³/mol. The molecule has 1 aliphatic heterocycles. The van der Waals surface area contributed by atoms with Crippen molar-refractivity contribution >= 4 is 31.9 Å². The number of nitrogens with one attached hydrogen (secondary N) is 1. The van der Waals surface area contributed by atoms with Gasteiger partial charge in [-0.2, -0.15) is 0 Å². The molecule has 0 aliphatic carbocycles. The van der Waals surface area contributed by atoms with E-state index in [9.17, 15) is 13.2 Å². The number of hydrogen-bond donors (Lipinski definition) is 2. The minimum Gasteiger partial charge on any atom is -0.478 e. The van der Waals surface area contributed by atoms with Crippen LogP contribution in [0.25, 0.3) is 0 Å². The molecule has 1 saturated heterocycles. The fourth-order valence-electron chi connectivity index (χ4n) is 2.28. The Kier molecular flexibility index (Phi) is 5.38. The second-order valence-corrected chi connectivity index (χ2v) is 7.43. The lowest BCUT2D eigenvalue weighted by Crippen LogP contribution is -2.46. The maximum atomic E-state index is 12.5. The third-order valence-corrected chi connectivity index (χ3v) is 5.84. The van der Waals surface area contributed by atoms with Crippen molar-refractivity contribution < 1.29 is 23.1 Å². The monoisotopic (exact) mass is 389 g/mol. The summed E-state index contributed by atoms with van der Waals surface area (Å²) >= 11 is 3.11. The number of ether oxygens (including phenoxy) is 1. The van der Waals surface area contributed by atoms with Gasteiger partial charge in [0, 0.05) is 11.1 Å². The number of carbonyl (C=O) groups is 1. The molecule has 120 valence electrons. The average molecular weight is 390 g/mol. The Bertz CT molecular complexity index is 688. The van der Waals surface area contributed by atoms with Gasteiger partial charge in [-0.3, -0.25) is 0 Å². The topological polar surface area (TPSA) is 92.7 Å². The van der Waals surface area contributed by atoms with Crippen LogP contribution in [0.4, 0.5) is 0 Å². The molecule has 8 heteroatoms. The Morgan fingerprint density at radius 2 is 2.23 bits per heavy atom. The molecule has 2 rings (SSSR count). The van der Waals surface area contributed by atoms with Gasteiger partial charge in [0.25, 0.3) is 0 Å². The van der Waals surface area contributed by atoms with Crippen molar-refractivity contribution in [3.05, 3.63) is 40.9 Å². The first-order chi connectivity index (χ1) is 10.3. The third-order valence-electron chi connectivity index (χ3n) is 3.37. The van der Waals surface area contributed by atoms with Crippen LogP contribution in [0.15, 0.2) is 40.2 Å². The summed E-state index contributed by atoms with van der Waals surface area (Å²) in [6.07, 6.45) is 2.62. The number of rotatable bonds is 5. The molecule has 1 aliphatic rings. The van der Waals surface area contributed by atoms with Crippen molar-refractivity contribution in [1.82, 2.24) is 4.72 Å². The van der Waals surface area contributed by atoms with Crippen LogP contribution in [0.1, 0.15) is 23.2 Å². The molecule has 0 aromatic heterocycles. The molecule has 2 atom stereocenters. The van der Waals surface area contributed by atoms with E-state index in [1.54, 1.807) is 6.08 Å². The first-order valence-corrected chi connectivity index (χ1v) is 8.92. The number of aromatic carboxylic acids is 1. The maximum absolute atomic E-state index is 12.5. The molecule has 0 bridgehead atoms. The van der Waals surface area contributed by atoms with Gasteiger partial charge in [-0.05, 0) is 47.0 Å². The van der Waals surface area contributed by atoms with Crippen molar-refractivity contribution in [2.24, 2.45) is 0 Å². The SMILES string of the molecule is C=C[C@@H]1OCCC[C@H]1NS(=O)(=O)c1ccc(C(=O)O)cc1Br. The summed E-state index contributed by atoms with van der Waals surface area (Å²) in [5.74, 6) is -1.12. The Morgan fingerprint density at radius 1 is 1.50 bits per heavy atom. The molecule has 1 fully saturated rings. The van der Waals surface area contributed by atoms with E-state index in [4.69, 9.17) is 9.84 Å². The fraction of sp³-hybridized carbons (Fsp3) is 0.357. The van der Waals surface area contributed by atoms with Crippen molar-refractivity contribution in [3.8, 4) is 0 Å². The van der Waals surface area contributed by atoms with Gasteiger partial charge >= 0.3 is 5.97 Å². The van der Waals surface area contributed by atoms with E-state index < -0.39 is 16.0 Å². The lowest BCUT2D eigenvalue weighted by molar-refractivity contribution is 0.0274. The number of carboxylic acids is 1. The van der Waals surface area contributed by atoms with Crippen molar-refractivity contribution in [2.45, 2.75) is 29.9 Å². The zero-order chi connectivity index (χ0) is 16.3. The van der Waals surface area contributed by atoms with Gasteiger partial charge in [0.1, 0.15) is 0 Å². The molecule has 2 N–H and O–H groups in total. The number of halogens is 1. The van der Waals surface area contributed by atoms with Crippen molar-refractivity contribution in [3.63, 3.8) is 0 Å². The van der Waals surface area contributed by atoms with Gasteiger partial charge in [-0.15, -0.1) is 6.58 Å². The summed E-state index contributed by atoms with van der Waals surface area (Å²) in [5, 5.41) is 8.92. The second kappa shape index (κ2) is 6.91. The first kappa shape index (κ1) is 17.1. The van der Waals surface area contributed by atoms with Gasteiger partial charge in [-0.1, -0.05) is 6.08 Å². The van der Waals surface area contributed by atoms with Gasteiger partial charge in [0.05, 0.1) is 22.6 Å². The van der Waals surface area contributed by atoms with Crippen LogP contribution in [0.2, 0.25) is 0 Å². The minimum absolute atomic E-state index is 0.00844. The zero-order valence-corrected chi connectivity index (χ0v) is 14.1. The van der Waals surface area contributed by atoms with Crippen LogP contribution >= 0.6 is 15.9 Å². The Morgan fingerprint density at radius 3 is 2.82 bits per heavy atom. The van der Waals surface area contributed by atoms with Crippen LogP contribution in [-0.2, 0) is 14.8 Å². The molecule has 0 spiro atoms. The van der Waals surface area contributed by atoms with Crippen LogP contribution in [-0.4, -0.2) is 38.2 Å². The Balaban J connectivity index is 2.26. The highest BCUT2D eigenvalue weighted by Gasteiger charge is 2.29. The van der Waals surface area contributed by atoms with Gasteiger partial charge in [0.15, 0.2) is 0 Å². The number of benzene rings is 1. The summed E-state index contributed by atoms with van der Waals surface area (Å²) in [7, 11) is -3.79. The van der Waals surface area contributed by atoms with Crippen molar-refractivity contribution in [2.75, 3.05) is 6.61 Å². The van der Waals surface area contributed by atoms with Crippen LogP contribution in [0, 0.1) is 0 Å². The molecule has 1 aromatic rings. The van der Waals surface area contributed by atoms with E-state index in [0.29, 0.717) is 13.0 Å². The largest absolute Gasteiger partial charge is 0.478 e. The number of sulfonamides is 1. The summed E-state index contributed by atoms with van der Waals surface area (Å²) in [4.78, 5) is 10.9. The zero-order valence-electron chi connectivity index (χ0n) is 11.7. The van der Waals surface area contributed by atoms with E-state index in [2.05, 4.69) is 27.2 Å². The lowest BCUT2D eigenvalue weighted by atomic mass is 10.0. The fourth-order valence-corrected chi connectivity index (χ4v) is 4.63. The van der Waals surface area contributed by atoms with Crippen LogP contribution in [0.5, 0.6) is 0 Å². The molecule has 0 unspecified atom stereocenters. The summed E-state index contributed by atoms with van der Waals surface area (Å²) in [5.41, 5.74) is 0.00999. The smallest absolute Gasteiger partial charge is 0.335 e. The summed E-state index contributed by atoms with van der Waals surface area (Å²) in [6, 6.07) is 3.40. The molecule has 0 amide bonds. The first-order valence-electron chi connectivity index (χ1n) is 6.64. The number of hydrogen-bond acceptors (Lipinski definition) is 4. The highest BCUT2D eigenvalue weighted by atomic mass is 79.9. The molecule has 1 aromatic carbocycles. The van der Waals surface area contributed by atoms with Gasteiger partial charge in [0.2, 0.25) is 10.0 Å². The standard InChI is InChI=1S/C14H16BrNO5S/c1-2-12-11(4-3-7-21-12)16-22(19,20)13-6-5-9(14(17)18)8-10(13)15/h2,5-6,8,11-12,16H,1,3-4,7H2,(H,17,18)/t11-,12+/m1/s1. The molecular formula is C14H16BrNO5S. The molecule has 0 saturated carbocycles. The second-order valence-electron chi connectivity index (χ2n) is 4.89. The van der Waals surface area contributed by atoms with Crippen LogP contribution < -0.4 is 4.72 Å². The molecule has 6 nitrogen and oxygen atoms in total. The van der Waals surface area contributed by atoms with E-state index in [1.165, 1.54) is 18.2 Å². The number of carboxylic acid groups (broad SMARTS) is 1. The van der Waals surface area contributed by atoms with Crippen LogP contribution in [0.3, 0.4) is 0 Å². The molecule has 0 radical (unpaired) electrons. The lowest BCUT2D eigenvalue weighted by Gasteiger charge is -2.30. The van der Waals surface area contributed by atoms with E-state index >= 15 is 0 Å². The third kappa shape index (κ3) is 3.75. The Labute approximate surface area is 137 Å². The highest BCUT2D eigenvalue weighted by molar-refractivity contribution is 9.10. The summed E-state index contributed by atoms with van der Waals surface area (Å²) in [6.45, 7) is 4.23. The van der Waals surface area contributed by atoms with Gasteiger partial charge < -0.3 is 9.84 Å². The molecule has 22 heavy (non-hydrogen) atoms. The maximum Gasteiger partial charge on any atom is 0.335 e. The normalized spacial score (nSPS) is 22.2. The Hall–Kier alpha value is -1.22. The average Bonchev–Trinajstić information content (AvgIpc) is 2.46. The summed E-state index contributed by atoms with van der Waals surface area (Å²) < 4.78 is 33.2. The van der Waals surface area contributed by atoms with Crippen molar-refractivity contribution in [1.29, 1.82) is 0 Å². The highest BCUT2D eigenvalue weighted by Crippen LogP contribution is 2.25. The minimum atomic E-state index is -3.79. The molecular weight excluding hydrogens is 374 g/mol. The van der Waals surface area contributed by atoms with Gasteiger partial charge in [-0.25, -0.2) is 17.9 Å². The van der Waals surface area contributed by atoms with E-state index in [0.717, 1.165) is 6.42 Å². The van der Waals surface area contributed by atoms with E-state index in [-0.39, 0.29) is 27.1 Å². The quantitative estimate of drug-likeness (QED) is 0.752. The molecule has 1 heterocycles.